The minimum atomic E-state index is 0.649. The van der Waals surface area contributed by atoms with Gasteiger partial charge in [-0.25, -0.2) is 0 Å². The lowest BCUT2D eigenvalue weighted by Crippen LogP contribution is -2.29. The van der Waals surface area contributed by atoms with Crippen LogP contribution in [0.15, 0.2) is 28.7 Å². The Kier molecular flexibility index (Phi) is 6.47. The van der Waals surface area contributed by atoms with Gasteiger partial charge in [0.2, 0.25) is 0 Å². The lowest BCUT2D eigenvalue weighted by Gasteiger charge is -2.24. The van der Waals surface area contributed by atoms with Gasteiger partial charge in [0.25, 0.3) is 0 Å². The van der Waals surface area contributed by atoms with Crippen molar-refractivity contribution in [1.82, 2.24) is 4.90 Å². The molecular weight excluding hydrogens is 282 g/mol. The van der Waals surface area contributed by atoms with Gasteiger partial charge in [-0.15, -0.1) is 0 Å². The van der Waals surface area contributed by atoms with E-state index >= 15 is 0 Å². The summed E-state index contributed by atoms with van der Waals surface area (Å²) in [4.78, 5) is 2.42. The van der Waals surface area contributed by atoms with Crippen molar-refractivity contribution < 1.29 is 0 Å². The molecule has 0 aliphatic carbocycles. The third-order valence-corrected chi connectivity index (χ3v) is 4.01. The maximum Gasteiger partial charge on any atom is 0.0233 e. The SMILES string of the molecule is CSCCC(C)N(C)Cc1ccc(Br)cc1. The highest BCUT2D eigenvalue weighted by Crippen LogP contribution is 2.14. The summed E-state index contributed by atoms with van der Waals surface area (Å²) in [5.41, 5.74) is 1.38. The molecule has 0 aliphatic rings. The van der Waals surface area contributed by atoms with Crippen LogP contribution in [0.5, 0.6) is 0 Å². The van der Waals surface area contributed by atoms with Crippen LogP contribution in [-0.2, 0) is 6.54 Å². The van der Waals surface area contributed by atoms with Crippen molar-refractivity contribution >= 4 is 27.7 Å². The van der Waals surface area contributed by atoms with Gasteiger partial charge in [0.15, 0.2) is 0 Å². The van der Waals surface area contributed by atoms with Crippen LogP contribution in [0.3, 0.4) is 0 Å². The summed E-state index contributed by atoms with van der Waals surface area (Å²) >= 11 is 5.38. The first-order chi connectivity index (χ1) is 7.63. The summed E-state index contributed by atoms with van der Waals surface area (Å²) in [5.74, 6) is 1.24. The van der Waals surface area contributed by atoms with Gasteiger partial charge in [0, 0.05) is 17.1 Å². The molecule has 1 unspecified atom stereocenters. The van der Waals surface area contributed by atoms with Crippen LogP contribution in [0.1, 0.15) is 18.9 Å². The van der Waals surface area contributed by atoms with E-state index in [-0.39, 0.29) is 0 Å². The average molecular weight is 302 g/mol. The topological polar surface area (TPSA) is 3.24 Å². The van der Waals surface area contributed by atoms with E-state index in [1.54, 1.807) is 0 Å². The Hall–Kier alpha value is 0.01000. The Balaban J connectivity index is 2.43. The first-order valence-electron chi connectivity index (χ1n) is 5.57. The first-order valence-corrected chi connectivity index (χ1v) is 7.75. The van der Waals surface area contributed by atoms with Gasteiger partial charge in [0.05, 0.1) is 0 Å². The number of thioether (sulfide) groups is 1. The summed E-state index contributed by atoms with van der Waals surface area (Å²) in [6.07, 6.45) is 3.43. The number of nitrogens with zero attached hydrogens (tertiary/aromatic N) is 1. The van der Waals surface area contributed by atoms with Gasteiger partial charge in [-0.3, -0.25) is 4.90 Å². The molecule has 1 atom stereocenters. The lowest BCUT2D eigenvalue weighted by molar-refractivity contribution is 0.245. The maximum absolute atomic E-state index is 3.46. The predicted octanol–water partition coefficient (Wildman–Crippen LogP) is 4.02. The number of hydrogen-bond donors (Lipinski definition) is 0. The second-order valence-corrected chi connectivity index (χ2v) is 6.07. The highest BCUT2D eigenvalue weighted by Gasteiger charge is 2.08. The zero-order valence-electron chi connectivity index (χ0n) is 10.2. The Morgan fingerprint density at radius 1 is 1.31 bits per heavy atom. The third kappa shape index (κ3) is 4.89. The van der Waals surface area contributed by atoms with Crippen LogP contribution < -0.4 is 0 Å². The number of benzene rings is 1. The van der Waals surface area contributed by atoms with Crippen molar-refractivity contribution in [2.24, 2.45) is 0 Å². The van der Waals surface area contributed by atoms with E-state index in [2.05, 4.69) is 65.3 Å². The molecule has 3 heteroatoms. The molecule has 0 bridgehead atoms. The molecule has 0 amide bonds. The molecule has 0 saturated heterocycles. The quantitative estimate of drug-likeness (QED) is 0.781. The van der Waals surface area contributed by atoms with Gasteiger partial charge in [0.1, 0.15) is 0 Å². The monoisotopic (exact) mass is 301 g/mol. The molecule has 0 saturated carbocycles. The van der Waals surface area contributed by atoms with E-state index in [1.807, 2.05) is 11.8 Å². The van der Waals surface area contributed by atoms with Crippen molar-refractivity contribution in [3.8, 4) is 0 Å². The molecule has 0 fully saturated rings. The van der Waals surface area contributed by atoms with Gasteiger partial charge < -0.3 is 0 Å². The number of halogens is 1. The van der Waals surface area contributed by atoms with E-state index in [0.717, 1.165) is 11.0 Å². The maximum atomic E-state index is 3.46. The van der Waals surface area contributed by atoms with Crippen LogP contribution in [0.2, 0.25) is 0 Å². The van der Waals surface area contributed by atoms with Crippen LogP contribution in [0.25, 0.3) is 0 Å². The van der Waals surface area contributed by atoms with Gasteiger partial charge in [-0.05, 0) is 50.1 Å². The van der Waals surface area contributed by atoms with Gasteiger partial charge in [-0.2, -0.15) is 11.8 Å². The largest absolute Gasteiger partial charge is 0.299 e. The molecule has 90 valence electrons. The minimum absolute atomic E-state index is 0.649. The number of hydrogen-bond acceptors (Lipinski definition) is 2. The molecule has 0 aliphatic heterocycles. The zero-order chi connectivity index (χ0) is 12.0. The fraction of sp³-hybridized carbons (Fsp3) is 0.538. The smallest absolute Gasteiger partial charge is 0.0233 e. The van der Waals surface area contributed by atoms with Crippen molar-refractivity contribution in [2.45, 2.75) is 25.9 Å². The normalized spacial score (nSPS) is 13.1. The summed E-state index contributed by atoms with van der Waals surface area (Å²) in [5, 5.41) is 0. The molecule has 1 aromatic rings. The minimum Gasteiger partial charge on any atom is -0.299 e. The van der Waals surface area contributed by atoms with E-state index < -0.39 is 0 Å². The van der Waals surface area contributed by atoms with Gasteiger partial charge in [-0.1, -0.05) is 28.1 Å². The molecule has 0 heterocycles. The Morgan fingerprint density at radius 3 is 2.50 bits per heavy atom. The molecule has 0 spiro atoms. The van der Waals surface area contributed by atoms with Crippen molar-refractivity contribution in [1.29, 1.82) is 0 Å². The average Bonchev–Trinajstić information content (AvgIpc) is 2.29. The van der Waals surface area contributed by atoms with E-state index in [4.69, 9.17) is 0 Å². The predicted molar refractivity (Wildman–Crippen MR) is 78.1 cm³/mol. The molecular formula is C13H20BrNS. The van der Waals surface area contributed by atoms with Gasteiger partial charge >= 0.3 is 0 Å². The Labute approximate surface area is 112 Å². The highest BCUT2D eigenvalue weighted by atomic mass is 79.9. The Bertz CT molecular complexity index is 299. The molecule has 0 aromatic heterocycles. The first kappa shape index (κ1) is 14.1. The van der Waals surface area contributed by atoms with E-state index in [1.165, 1.54) is 17.7 Å². The fourth-order valence-corrected chi connectivity index (χ4v) is 2.38. The molecule has 1 nitrogen and oxygen atoms in total. The standard InChI is InChI=1S/C13H20BrNS/c1-11(8-9-16-3)15(2)10-12-4-6-13(14)7-5-12/h4-7,11H,8-10H2,1-3H3. The second kappa shape index (κ2) is 7.36. The van der Waals surface area contributed by atoms with Crippen molar-refractivity contribution in [2.75, 3.05) is 19.1 Å². The number of rotatable bonds is 6. The molecule has 1 rings (SSSR count). The van der Waals surface area contributed by atoms with E-state index in [9.17, 15) is 0 Å². The van der Waals surface area contributed by atoms with E-state index in [0.29, 0.717) is 6.04 Å². The zero-order valence-corrected chi connectivity index (χ0v) is 12.6. The molecule has 1 aromatic carbocycles. The van der Waals surface area contributed by atoms with Crippen LogP contribution in [-0.4, -0.2) is 30.0 Å². The summed E-state index contributed by atoms with van der Waals surface area (Å²) < 4.78 is 1.15. The van der Waals surface area contributed by atoms with Crippen molar-refractivity contribution in [3.05, 3.63) is 34.3 Å². The van der Waals surface area contributed by atoms with Crippen LogP contribution in [0, 0.1) is 0 Å². The summed E-state index contributed by atoms with van der Waals surface area (Å²) in [6, 6.07) is 9.23. The summed E-state index contributed by atoms with van der Waals surface area (Å²) in [6.45, 7) is 3.33. The second-order valence-electron chi connectivity index (χ2n) is 4.17. The Morgan fingerprint density at radius 2 is 1.94 bits per heavy atom. The third-order valence-electron chi connectivity index (χ3n) is 2.84. The molecule has 16 heavy (non-hydrogen) atoms. The van der Waals surface area contributed by atoms with Crippen LogP contribution in [0.4, 0.5) is 0 Å². The molecule has 0 N–H and O–H groups in total. The van der Waals surface area contributed by atoms with Crippen LogP contribution >= 0.6 is 27.7 Å². The summed E-state index contributed by atoms with van der Waals surface area (Å²) in [7, 11) is 2.20. The molecule has 0 radical (unpaired) electrons. The van der Waals surface area contributed by atoms with Crippen molar-refractivity contribution in [3.63, 3.8) is 0 Å². The fourth-order valence-electron chi connectivity index (χ4n) is 1.54. The lowest BCUT2D eigenvalue weighted by atomic mass is 10.1. The highest BCUT2D eigenvalue weighted by molar-refractivity contribution is 9.10.